The van der Waals surface area contributed by atoms with Gasteiger partial charge in [0, 0.05) is 0 Å². The van der Waals surface area contributed by atoms with Gasteiger partial charge in [-0.3, -0.25) is 4.79 Å². The van der Waals surface area contributed by atoms with Crippen LogP contribution in [0.1, 0.15) is 116 Å². The molecule has 0 radical (unpaired) electrons. The van der Waals surface area contributed by atoms with Crippen LogP contribution < -0.4 is 5.73 Å². The van der Waals surface area contributed by atoms with Gasteiger partial charge in [-0.1, -0.05) is 101 Å². The fourth-order valence-corrected chi connectivity index (χ4v) is 5.83. The van der Waals surface area contributed by atoms with E-state index < -0.39 is 18.0 Å². The Morgan fingerprint density at radius 1 is 0.892 bits per heavy atom. The SMILES string of the molecule is CCCCCCC=CCC(CCCCC)CCC(CCN)C(CCc1ccccc1)C(C(=O)O)C(C)O. The lowest BCUT2D eigenvalue weighted by Gasteiger charge is -2.34. The fraction of sp³-hybridized carbons (Fsp3) is 0.727. The zero-order valence-corrected chi connectivity index (χ0v) is 24.1. The first-order valence-electron chi connectivity index (χ1n) is 15.2. The molecule has 5 atom stereocenters. The summed E-state index contributed by atoms with van der Waals surface area (Å²) >= 11 is 0. The van der Waals surface area contributed by atoms with Crippen molar-refractivity contribution in [2.45, 2.75) is 123 Å². The van der Waals surface area contributed by atoms with Crippen molar-refractivity contribution >= 4 is 5.97 Å². The Balaban J connectivity index is 2.92. The molecular weight excluding hydrogens is 458 g/mol. The van der Waals surface area contributed by atoms with Gasteiger partial charge in [0.25, 0.3) is 0 Å². The largest absolute Gasteiger partial charge is 0.481 e. The summed E-state index contributed by atoms with van der Waals surface area (Å²) < 4.78 is 0. The minimum atomic E-state index is -0.888. The summed E-state index contributed by atoms with van der Waals surface area (Å²) in [5.41, 5.74) is 7.28. The number of hydrogen-bond donors (Lipinski definition) is 3. The molecule has 0 saturated carbocycles. The van der Waals surface area contributed by atoms with Crippen LogP contribution in [-0.4, -0.2) is 28.8 Å². The average molecular weight is 516 g/mol. The van der Waals surface area contributed by atoms with Crippen LogP contribution in [0.4, 0.5) is 0 Å². The molecule has 1 aromatic rings. The average Bonchev–Trinajstić information content (AvgIpc) is 2.88. The zero-order valence-electron chi connectivity index (χ0n) is 24.1. The number of nitrogens with two attached hydrogens (primary N) is 1. The Morgan fingerprint density at radius 2 is 1.59 bits per heavy atom. The van der Waals surface area contributed by atoms with Crippen LogP contribution in [0.3, 0.4) is 0 Å². The van der Waals surface area contributed by atoms with Crippen molar-refractivity contribution in [3.05, 3.63) is 48.0 Å². The van der Waals surface area contributed by atoms with Gasteiger partial charge < -0.3 is 15.9 Å². The molecular formula is C33H57NO3. The molecule has 0 amide bonds. The van der Waals surface area contributed by atoms with Gasteiger partial charge in [-0.2, -0.15) is 0 Å². The van der Waals surface area contributed by atoms with Crippen LogP contribution in [0.5, 0.6) is 0 Å². The molecule has 0 fully saturated rings. The monoisotopic (exact) mass is 515 g/mol. The van der Waals surface area contributed by atoms with E-state index in [-0.39, 0.29) is 11.8 Å². The van der Waals surface area contributed by atoms with Crippen LogP contribution in [0.15, 0.2) is 42.5 Å². The number of carbonyl (C=O) groups is 1. The molecule has 5 unspecified atom stereocenters. The summed E-state index contributed by atoms with van der Waals surface area (Å²) in [5, 5.41) is 20.6. The number of benzene rings is 1. The molecule has 1 rings (SSSR count). The minimum Gasteiger partial charge on any atom is -0.481 e. The van der Waals surface area contributed by atoms with Gasteiger partial charge >= 0.3 is 5.97 Å². The van der Waals surface area contributed by atoms with Gasteiger partial charge in [0.15, 0.2) is 0 Å². The highest BCUT2D eigenvalue weighted by Crippen LogP contribution is 2.36. The summed E-state index contributed by atoms with van der Waals surface area (Å²) in [6.07, 6.45) is 20.8. The van der Waals surface area contributed by atoms with Gasteiger partial charge in [0.1, 0.15) is 0 Å². The zero-order chi connectivity index (χ0) is 27.3. The van der Waals surface area contributed by atoms with E-state index in [9.17, 15) is 15.0 Å². The number of unbranched alkanes of at least 4 members (excludes halogenated alkanes) is 6. The molecule has 0 aromatic heterocycles. The number of carboxylic acid groups (broad SMARTS) is 1. The molecule has 0 bridgehead atoms. The molecule has 0 aliphatic rings. The standard InChI is InChI=1S/C33H57NO3/c1-4-6-8-9-10-11-14-18-28(17-13-7-5-2)21-23-30(25-26-34)31(32(27(3)35)33(36)37)24-22-29-19-15-12-16-20-29/h11-12,14-16,19-20,27-28,30-32,35H,4-10,13,17-18,21-26,34H2,1-3H3,(H,36,37). The molecule has 0 aliphatic carbocycles. The Morgan fingerprint density at radius 3 is 2.22 bits per heavy atom. The Kier molecular flexibility index (Phi) is 19.2. The van der Waals surface area contributed by atoms with E-state index in [0.29, 0.717) is 12.5 Å². The van der Waals surface area contributed by atoms with E-state index in [1.165, 1.54) is 63.4 Å². The van der Waals surface area contributed by atoms with Crippen LogP contribution in [-0.2, 0) is 11.2 Å². The van der Waals surface area contributed by atoms with E-state index in [1.54, 1.807) is 6.92 Å². The number of carboxylic acids is 1. The third kappa shape index (κ3) is 14.8. The maximum absolute atomic E-state index is 12.3. The lowest BCUT2D eigenvalue weighted by atomic mass is 9.71. The van der Waals surface area contributed by atoms with Gasteiger partial charge in [-0.15, -0.1) is 0 Å². The number of aryl methyl sites for hydroxylation is 1. The van der Waals surface area contributed by atoms with E-state index >= 15 is 0 Å². The second kappa shape index (κ2) is 21.3. The number of hydrogen-bond acceptors (Lipinski definition) is 3. The molecule has 0 heterocycles. The normalized spacial score (nSPS) is 15.9. The number of aliphatic hydroxyl groups is 1. The molecule has 4 heteroatoms. The highest BCUT2D eigenvalue weighted by Gasteiger charge is 2.36. The Bertz CT molecular complexity index is 703. The third-order valence-electron chi connectivity index (χ3n) is 8.04. The number of allylic oxidation sites excluding steroid dienone is 2. The molecule has 4 N–H and O–H groups in total. The highest BCUT2D eigenvalue weighted by molar-refractivity contribution is 5.71. The molecule has 0 spiro atoms. The van der Waals surface area contributed by atoms with E-state index in [4.69, 9.17) is 5.73 Å². The Hall–Kier alpha value is -1.65. The topological polar surface area (TPSA) is 83.6 Å². The highest BCUT2D eigenvalue weighted by atomic mass is 16.4. The first-order chi connectivity index (χ1) is 17.9. The molecule has 1 aromatic carbocycles. The molecule has 0 aliphatic heterocycles. The van der Waals surface area contributed by atoms with Crippen molar-refractivity contribution in [3.63, 3.8) is 0 Å². The predicted molar refractivity (Wildman–Crippen MR) is 158 cm³/mol. The van der Waals surface area contributed by atoms with Gasteiger partial charge in [0.2, 0.25) is 0 Å². The second-order valence-corrected chi connectivity index (χ2v) is 11.1. The van der Waals surface area contributed by atoms with Crippen LogP contribution in [0, 0.1) is 23.7 Å². The van der Waals surface area contributed by atoms with Crippen LogP contribution >= 0.6 is 0 Å². The van der Waals surface area contributed by atoms with Crippen molar-refractivity contribution < 1.29 is 15.0 Å². The minimum absolute atomic E-state index is 0.0911. The fourth-order valence-electron chi connectivity index (χ4n) is 5.83. The van der Waals surface area contributed by atoms with Gasteiger partial charge in [0.05, 0.1) is 12.0 Å². The first-order valence-corrected chi connectivity index (χ1v) is 15.2. The summed E-state index contributed by atoms with van der Waals surface area (Å²) in [4.78, 5) is 12.3. The maximum Gasteiger partial charge on any atom is 0.309 e. The summed E-state index contributed by atoms with van der Waals surface area (Å²) in [5.74, 6) is -0.909. The van der Waals surface area contributed by atoms with Crippen molar-refractivity contribution in [2.75, 3.05) is 6.54 Å². The third-order valence-corrected chi connectivity index (χ3v) is 8.04. The summed E-state index contributed by atoms with van der Waals surface area (Å²) in [6, 6.07) is 10.3. The van der Waals surface area contributed by atoms with Crippen molar-refractivity contribution in [3.8, 4) is 0 Å². The quantitative estimate of drug-likeness (QED) is 0.101. The number of rotatable bonds is 23. The first kappa shape index (κ1) is 33.4. The number of aliphatic carboxylic acids is 1. The maximum atomic E-state index is 12.3. The summed E-state index contributed by atoms with van der Waals surface area (Å²) in [6.45, 7) is 6.69. The lowest BCUT2D eigenvalue weighted by Crippen LogP contribution is -2.38. The van der Waals surface area contributed by atoms with Crippen molar-refractivity contribution in [1.29, 1.82) is 0 Å². The van der Waals surface area contributed by atoms with E-state index in [2.05, 4.69) is 38.1 Å². The second-order valence-electron chi connectivity index (χ2n) is 11.1. The van der Waals surface area contributed by atoms with E-state index in [0.717, 1.165) is 38.5 Å². The predicted octanol–water partition coefficient (Wildman–Crippen LogP) is 8.18. The van der Waals surface area contributed by atoms with Crippen LogP contribution in [0.2, 0.25) is 0 Å². The number of aliphatic hydroxyl groups excluding tert-OH is 1. The summed E-state index contributed by atoms with van der Waals surface area (Å²) in [7, 11) is 0. The lowest BCUT2D eigenvalue weighted by molar-refractivity contribution is -0.149. The smallest absolute Gasteiger partial charge is 0.309 e. The molecule has 4 nitrogen and oxygen atoms in total. The molecule has 212 valence electrons. The molecule has 37 heavy (non-hydrogen) atoms. The van der Waals surface area contributed by atoms with Crippen molar-refractivity contribution in [2.24, 2.45) is 29.4 Å². The van der Waals surface area contributed by atoms with Gasteiger partial charge in [-0.05, 0) is 88.2 Å². The van der Waals surface area contributed by atoms with E-state index in [1.807, 2.05) is 18.2 Å². The van der Waals surface area contributed by atoms with Gasteiger partial charge in [-0.25, -0.2) is 0 Å². The van der Waals surface area contributed by atoms with Crippen LogP contribution in [0.25, 0.3) is 0 Å². The Labute approximate surface area is 228 Å². The van der Waals surface area contributed by atoms with Crippen molar-refractivity contribution in [1.82, 2.24) is 0 Å². The molecule has 0 saturated heterocycles.